The van der Waals surface area contributed by atoms with Gasteiger partial charge in [0.25, 0.3) is 5.91 Å². The first-order valence-corrected chi connectivity index (χ1v) is 6.83. The van der Waals surface area contributed by atoms with E-state index in [9.17, 15) is 13.2 Å². The molecule has 2 aromatic rings. The third kappa shape index (κ3) is 2.78. The molecule has 2 aromatic heterocycles. The number of anilines is 1. The van der Waals surface area contributed by atoms with Gasteiger partial charge < -0.3 is 9.30 Å². The number of nitrogens with zero attached hydrogens (tertiary/aromatic N) is 3. The van der Waals surface area contributed by atoms with Crippen LogP contribution in [-0.2, 0) is 17.1 Å². The molecule has 0 aliphatic rings. The van der Waals surface area contributed by atoms with Crippen molar-refractivity contribution in [2.45, 2.75) is 4.90 Å². The molecule has 0 aromatic carbocycles. The fourth-order valence-corrected chi connectivity index (χ4v) is 2.06. The number of nitrogens with one attached hydrogen (secondary N) is 2. The Morgan fingerprint density at radius 2 is 2.25 bits per heavy atom. The maximum Gasteiger partial charge on any atom is 0.336 e. The molecule has 20 heavy (non-hydrogen) atoms. The number of hydrogen-bond acceptors (Lipinski definition) is 6. The van der Waals surface area contributed by atoms with Crippen LogP contribution in [0.15, 0.2) is 17.2 Å². The maximum atomic E-state index is 12.0. The lowest BCUT2D eigenvalue weighted by Crippen LogP contribution is -2.16. The van der Waals surface area contributed by atoms with Crippen molar-refractivity contribution >= 4 is 21.9 Å². The molecule has 108 valence electrons. The van der Waals surface area contributed by atoms with Crippen molar-refractivity contribution in [2.24, 2.45) is 12.2 Å². The zero-order valence-corrected chi connectivity index (χ0v) is 11.4. The first kappa shape index (κ1) is 14.0. The van der Waals surface area contributed by atoms with Crippen molar-refractivity contribution in [3.63, 3.8) is 0 Å². The molecule has 2 rings (SSSR count). The number of H-pyrrole nitrogens is 1. The van der Waals surface area contributed by atoms with Crippen LogP contribution in [0.5, 0.6) is 6.01 Å². The number of amides is 1. The molecule has 0 atom stereocenters. The summed E-state index contributed by atoms with van der Waals surface area (Å²) in [4.78, 5) is 15.6. The second kappa shape index (κ2) is 4.94. The van der Waals surface area contributed by atoms with Gasteiger partial charge in [0, 0.05) is 13.2 Å². The van der Waals surface area contributed by atoms with Gasteiger partial charge in [-0.15, -0.1) is 5.10 Å². The van der Waals surface area contributed by atoms with Crippen LogP contribution in [0, 0.1) is 0 Å². The highest BCUT2D eigenvalue weighted by Gasteiger charge is 2.18. The van der Waals surface area contributed by atoms with E-state index in [2.05, 4.69) is 20.5 Å². The number of aromatic amines is 1. The molecule has 0 saturated carbocycles. The first-order chi connectivity index (χ1) is 9.31. The Morgan fingerprint density at radius 3 is 2.75 bits per heavy atom. The topological polar surface area (TPSA) is 145 Å². The van der Waals surface area contributed by atoms with Crippen molar-refractivity contribution in [1.29, 1.82) is 0 Å². The Morgan fingerprint density at radius 1 is 1.55 bits per heavy atom. The average molecular weight is 300 g/mol. The lowest BCUT2D eigenvalue weighted by atomic mass is 10.4. The highest BCUT2D eigenvalue weighted by Crippen LogP contribution is 2.13. The second-order valence-electron chi connectivity index (χ2n) is 3.84. The van der Waals surface area contributed by atoms with Crippen LogP contribution in [0.2, 0.25) is 0 Å². The van der Waals surface area contributed by atoms with Gasteiger partial charge in [-0.25, -0.2) is 18.7 Å². The van der Waals surface area contributed by atoms with Gasteiger partial charge in [-0.2, -0.15) is 4.98 Å². The maximum absolute atomic E-state index is 12.0. The van der Waals surface area contributed by atoms with Crippen molar-refractivity contribution in [2.75, 3.05) is 12.4 Å². The minimum Gasteiger partial charge on any atom is -0.466 e. The van der Waals surface area contributed by atoms with Crippen LogP contribution in [-0.4, -0.2) is 41.2 Å². The SMILES string of the molecule is COc1n[nH]c(NC(=O)c2cc(S(N)(=O)=O)cn2C)n1. The van der Waals surface area contributed by atoms with E-state index < -0.39 is 15.9 Å². The normalized spacial score (nSPS) is 11.3. The van der Waals surface area contributed by atoms with Gasteiger partial charge in [0.15, 0.2) is 0 Å². The molecule has 0 fully saturated rings. The van der Waals surface area contributed by atoms with E-state index in [-0.39, 0.29) is 22.5 Å². The Hall–Kier alpha value is -2.40. The van der Waals surface area contributed by atoms with E-state index in [0.717, 1.165) is 6.07 Å². The van der Waals surface area contributed by atoms with Gasteiger partial charge in [0.1, 0.15) is 10.6 Å². The summed E-state index contributed by atoms with van der Waals surface area (Å²) in [6, 6.07) is 1.23. The molecule has 0 spiro atoms. The highest BCUT2D eigenvalue weighted by molar-refractivity contribution is 7.89. The van der Waals surface area contributed by atoms with E-state index in [1.54, 1.807) is 0 Å². The van der Waals surface area contributed by atoms with Crippen LogP contribution in [0.3, 0.4) is 0 Å². The van der Waals surface area contributed by atoms with Crippen molar-refractivity contribution < 1.29 is 17.9 Å². The fraction of sp³-hybridized carbons (Fsp3) is 0.222. The Bertz CT molecular complexity index is 746. The first-order valence-electron chi connectivity index (χ1n) is 5.28. The lowest BCUT2D eigenvalue weighted by molar-refractivity contribution is 0.101. The molecule has 0 saturated heterocycles. The quantitative estimate of drug-likeness (QED) is 0.663. The standard InChI is InChI=1S/C9H12N6O4S/c1-15-4-5(20(10,17)18)3-6(15)7(16)11-8-12-9(19-2)14-13-8/h3-4H,1-2H3,(H2,10,17,18)(H2,11,12,13,14,16). The predicted molar refractivity (Wildman–Crippen MR) is 67.7 cm³/mol. The van der Waals surface area contributed by atoms with Gasteiger partial charge >= 0.3 is 6.01 Å². The molecule has 0 unspecified atom stereocenters. The minimum atomic E-state index is -3.87. The summed E-state index contributed by atoms with van der Waals surface area (Å²) < 4.78 is 28.5. The molecule has 0 bridgehead atoms. The van der Waals surface area contributed by atoms with Gasteiger partial charge in [-0.3, -0.25) is 10.1 Å². The molecule has 1 amide bonds. The fourth-order valence-electron chi connectivity index (χ4n) is 1.48. The van der Waals surface area contributed by atoms with Gasteiger partial charge in [0.2, 0.25) is 16.0 Å². The predicted octanol–water partition coefficient (Wildman–Crippen LogP) is -0.948. The summed E-state index contributed by atoms with van der Waals surface area (Å²) in [5, 5.41) is 13.5. The molecule has 4 N–H and O–H groups in total. The number of carbonyl (C=O) groups excluding carboxylic acids is 1. The zero-order valence-electron chi connectivity index (χ0n) is 10.6. The molecule has 10 nitrogen and oxygen atoms in total. The number of aromatic nitrogens is 4. The summed E-state index contributed by atoms with van der Waals surface area (Å²) in [5.74, 6) is -0.494. The van der Waals surface area contributed by atoms with Crippen LogP contribution < -0.4 is 15.2 Å². The van der Waals surface area contributed by atoms with Gasteiger partial charge in [0.05, 0.1) is 7.11 Å². The van der Waals surface area contributed by atoms with Crippen molar-refractivity contribution in [3.05, 3.63) is 18.0 Å². The van der Waals surface area contributed by atoms with Crippen LogP contribution >= 0.6 is 0 Å². The Kier molecular flexibility index (Phi) is 3.46. The Balaban J connectivity index is 2.23. The summed E-state index contributed by atoms with van der Waals surface area (Å²) >= 11 is 0. The van der Waals surface area contributed by atoms with Crippen LogP contribution in [0.4, 0.5) is 5.95 Å². The minimum absolute atomic E-state index is 0.0670. The molecule has 0 radical (unpaired) electrons. The molecular weight excluding hydrogens is 288 g/mol. The Labute approximate surface area is 114 Å². The van der Waals surface area contributed by atoms with E-state index in [4.69, 9.17) is 9.88 Å². The highest BCUT2D eigenvalue weighted by atomic mass is 32.2. The van der Waals surface area contributed by atoms with E-state index in [1.165, 1.54) is 24.9 Å². The van der Waals surface area contributed by atoms with E-state index in [0.29, 0.717) is 0 Å². The number of methoxy groups -OCH3 is 1. The third-order valence-corrected chi connectivity index (χ3v) is 3.30. The summed E-state index contributed by atoms with van der Waals surface area (Å²) in [7, 11) is -0.970. The summed E-state index contributed by atoms with van der Waals surface area (Å²) in [6.07, 6.45) is 1.24. The number of hydrogen-bond donors (Lipinski definition) is 3. The van der Waals surface area contributed by atoms with Crippen molar-refractivity contribution in [1.82, 2.24) is 19.7 Å². The molecular formula is C9H12N6O4S. The number of rotatable bonds is 4. The third-order valence-electron chi connectivity index (χ3n) is 2.42. The van der Waals surface area contributed by atoms with E-state index in [1.807, 2.05) is 0 Å². The summed E-state index contributed by atoms with van der Waals surface area (Å²) in [6.45, 7) is 0. The average Bonchev–Trinajstić information content (AvgIpc) is 2.94. The van der Waals surface area contributed by atoms with Crippen LogP contribution in [0.1, 0.15) is 10.5 Å². The van der Waals surface area contributed by atoms with Crippen molar-refractivity contribution in [3.8, 4) is 6.01 Å². The number of aryl methyl sites for hydroxylation is 1. The van der Waals surface area contributed by atoms with Crippen LogP contribution in [0.25, 0.3) is 0 Å². The number of carbonyl (C=O) groups is 1. The number of primary sulfonamides is 1. The molecule has 11 heteroatoms. The second-order valence-corrected chi connectivity index (χ2v) is 5.40. The number of sulfonamides is 1. The van der Waals surface area contributed by atoms with Gasteiger partial charge in [-0.05, 0) is 6.07 Å². The summed E-state index contributed by atoms with van der Waals surface area (Å²) in [5.41, 5.74) is 0.101. The molecule has 2 heterocycles. The number of ether oxygens (including phenoxy) is 1. The molecule has 0 aliphatic carbocycles. The number of nitrogens with two attached hydrogens (primary N) is 1. The molecule has 0 aliphatic heterocycles. The van der Waals surface area contributed by atoms with Gasteiger partial charge in [-0.1, -0.05) is 0 Å². The largest absolute Gasteiger partial charge is 0.466 e. The van der Waals surface area contributed by atoms with E-state index >= 15 is 0 Å². The monoisotopic (exact) mass is 300 g/mol. The zero-order chi connectivity index (χ0) is 14.9. The lowest BCUT2D eigenvalue weighted by Gasteiger charge is -2.01. The smallest absolute Gasteiger partial charge is 0.336 e.